The summed E-state index contributed by atoms with van der Waals surface area (Å²) in [5.74, 6) is -0.366. The van der Waals surface area contributed by atoms with Gasteiger partial charge in [0.15, 0.2) is 0 Å². The van der Waals surface area contributed by atoms with E-state index in [0.717, 1.165) is 12.1 Å². The molecule has 0 aromatic heterocycles. The summed E-state index contributed by atoms with van der Waals surface area (Å²) in [6, 6.07) is 10.6. The third-order valence-corrected chi connectivity index (χ3v) is 2.95. The van der Waals surface area contributed by atoms with Crippen molar-refractivity contribution in [1.82, 2.24) is 0 Å². The van der Waals surface area contributed by atoms with Crippen LogP contribution in [0, 0.1) is 5.82 Å². The summed E-state index contributed by atoms with van der Waals surface area (Å²) < 4.78 is 50.4. The van der Waals surface area contributed by atoms with Gasteiger partial charge in [0.25, 0.3) is 0 Å². The van der Waals surface area contributed by atoms with Gasteiger partial charge < -0.3 is 5.32 Å². The van der Waals surface area contributed by atoms with Crippen LogP contribution >= 0.6 is 0 Å². The molecule has 0 aliphatic rings. The molecule has 2 aromatic carbocycles. The van der Waals surface area contributed by atoms with E-state index in [1.807, 2.05) is 0 Å². The first-order valence-corrected chi connectivity index (χ1v) is 6.05. The highest BCUT2D eigenvalue weighted by atomic mass is 19.4. The van der Waals surface area contributed by atoms with Gasteiger partial charge in [0.1, 0.15) is 5.82 Å². The Hall–Kier alpha value is -2.04. The summed E-state index contributed by atoms with van der Waals surface area (Å²) >= 11 is 0. The first-order chi connectivity index (χ1) is 9.36. The topological polar surface area (TPSA) is 12.0 Å². The summed E-state index contributed by atoms with van der Waals surface area (Å²) in [6.45, 7) is 1.80. The minimum Gasteiger partial charge on any atom is -0.378 e. The molecule has 1 nitrogen and oxygen atoms in total. The summed E-state index contributed by atoms with van der Waals surface area (Å²) in [6.07, 6.45) is -4.34. The zero-order chi connectivity index (χ0) is 14.8. The van der Waals surface area contributed by atoms with Crippen LogP contribution in [0.25, 0.3) is 0 Å². The number of anilines is 1. The molecular formula is C15H13F4N. The monoisotopic (exact) mass is 283 g/mol. The van der Waals surface area contributed by atoms with Crippen molar-refractivity contribution in [3.8, 4) is 0 Å². The molecule has 106 valence electrons. The van der Waals surface area contributed by atoms with Gasteiger partial charge in [-0.25, -0.2) is 4.39 Å². The fourth-order valence-corrected chi connectivity index (χ4v) is 1.87. The molecule has 2 rings (SSSR count). The van der Waals surface area contributed by atoms with Gasteiger partial charge in [-0.1, -0.05) is 18.2 Å². The number of rotatable bonds is 3. The van der Waals surface area contributed by atoms with Gasteiger partial charge in [-0.2, -0.15) is 13.2 Å². The fourth-order valence-electron chi connectivity index (χ4n) is 1.87. The Labute approximate surface area is 114 Å². The van der Waals surface area contributed by atoms with Crippen molar-refractivity contribution < 1.29 is 17.6 Å². The van der Waals surface area contributed by atoms with Crippen LogP contribution < -0.4 is 5.32 Å². The molecule has 0 heterocycles. The standard InChI is InChI=1S/C15H13F4N/c1-10(20-14-4-2-3-13(16)9-14)11-5-7-12(8-6-11)15(17,18)19/h2-10,20H,1H3. The van der Waals surface area contributed by atoms with Gasteiger partial charge >= 0.3 is 6.18 Å². The van der Waals surface area contributed by atoms with Crippen LogP contribution in [0.2, 0.25) is 0 Å². The Kier molecular flexibility index (Phi) is 3.97. The quantitative estimate of drug-likeness (QED) is 0.780. The third-order valence-electron chi connectivity index (χ3n) is 2.95. The predicted molar refractivity (Wildman–Crippen MR) is 69.9 cm³/mol. The molecule has 0 amide bonds. The molecule has 1 atom stereocenters. The molecule has 20 heavy (non-hydrogen) atoms. The van der Waals surface area contributed by atoms with E-state index in [9.17, 15) is 17.6 Å². The van der Waals surface area contributed by atoms with Crippen LogP contribution in [0.1, 0.15) is 24.1 Å². The van der Waals surface area contributed by atoms with E-state index in [0.29, 0.717) is 11.3 Å². The van der Waals surface area contributed by atoms with Crippen molar-refractivity contribution in [3.05, 3.63) is 65.5 Å². The SMILES string of the molecule is CC(Nc1cccc(F)c1)c1ccc(C(F)(F)F)cc1. The third kappa shape index (κ3) is 3.50. The Morgan fingerprint density at radius 1 is 1.00 bits per heavy atom. The lowest BCUT2D eigenvalue weighted by molar-refractivity contribution is -0.137. The molecule has 2 aromatic rings. The molecule has 0 bridgehead atoms. The Morgan fingerprint density at radius 2 is 1.65 bits per heavy atom. The zero-order valence-electron chi connectivity index (χ0n) is 10.7. The van der Waals surface area contributed by atoms with Gasteiger partial charge in [-0.15, -0.1) is 0 Å². The minimum atomic E-state index is -4.34. The van der Waals surface area contributed by atoms with Crippen molar-refractivity contribution in [1.29, 1.82) is 0 Å². The maximum absolute atomic E-state index is 13.0. The van der Waals surface area contributed by atoms with Crippen LogP contribution in [0.3, 0.4) is 0 Å². The van der Waals surface area contributed by atoms with Crippen molar-refractivity contribution in [2.75, 3.05) is 5.32 Å². The molecule has 0 saturated carbocycles. The van der Waals surface area contributed by atoms with Gasteiger partial charge in [0.2, 0.25) is 0 Å². The smallest absolute Gasteiger partial charge is 0.378 e. The first kappa shape index (κ1) is 14.4. The van der Waals surface area contributed by atoms with Crippen molar-refractivity contribution in [2.45, 2.75) is 19.1 Å². The Bertz CT molecular complexity index is 575. The molecular weight excluding hydrogens is 270 g/mol. The number of benzene rings is 2. The fraction of sp³-hybridized carbons (Fsp3) is 0.200. The highest BCUT2D eigenvalue weighted by Gasteiger charge is 2.30. The van der Waals surface area contributed by atoms with Crippen LogP contribution in [0.5, 0.6) is 0 Å². The Morgan fingerprint density at radius 3 is 2.20 bits per heavy atom. The van der Waals surface area contributed by atoms with E-state index in [1.165, 1.54) is 24.3 Å². The second-order valence-corrected chi connectivity index (χ2v) is 4.50. The molecule has 0 spiro atoms. The van der Waals surface area contributed by atoms with Gasteiger partial charge in [0.05, 0.1) is 5.56 Å². The average molecular weight is 283 g/mol. The number of alkyl halides is 3. The lowest BCUT2D eigenvalue weighted by Gasteiger charge is -2.16. The van der Waals surface area contributed by atoms with Crippen LogP contribution in [0.15, 0.2) is 48.5 Å². The maximum Gasteiger partial charge on any atom is 0.416 e. The molecule has 0 fully saturated rings. The molecule has 0 aliphatic heterocycles. The van der Waals surface area contributed by atoms with Crippen molar-refractivity contribution >= 4 is 5.69 Å². The number of hydrogen-bond acceptors (Lipinski definition) is 1. The molecule has 1 unspecified atom stereocenters. The van der Waals surface area contributed by atoms with E-state index in [4.69, 9.17) is 0 Å². The lowest BCUT2D eigenvalue weighted by Crippen LogP contribution is -2.08. The summed E-state index contributed by atoms with van der Waals surface area (Å²) in [5, 5.41) is 3.04. The van der Waals surface area contributed by atoms with E-state index in [-0.39, 0.29) is 11.9 Å². The largest absolute Gasteiger partial charge is 0.416 e. The highest BCUT2D eigenvalue weighted by molar-refractivity contribution is 5.45. The lowest BCUT2D eigenvalue weighted by atomic mass is 10.1. The van der Waals surface area contributed by atoms with E-state index in [2.05, 4.69) is 5.32 Å². The second-order valence-electron chi connectivity index (χ2n) is 4.50. The summed E-state index contributed by atoms with van der Waals surface area (Å²) in [4.78, 5) is 0. The molecule has 5 heteroatoms. The predicted octanol–water partition coefficient (Wildman–Crippen LogP) is 5.02. The molecule has 1 N–H and O–H groups in total. The zero-order valence-corrected chi connectivity index (χ0v) is 10.7. The van der Waals surface area contributed by atoms with Crippen molar-refractivity contribution in [2.24, 2.45) is 0 Å². The number of hydrogen-bond donors (Lipinski definition) is 1. The number of halogens is 4. The minimum absolute atomic E-state index is 0.223. The van der Waals surface area contributed by atoms with Gasteiger partial charge in [-0.05, 0) is 42.8 Å². The van der Waals surface area contributed by atoms with Crippen LogP contribution in [-0.4, -0.2) is 0 Å². The summed E-state index contributed by atoms with van der Waals surface area (Å²) in [7, 11) is 0. The van der Waals surface area contributed by atoms with Crippen molar-refractivity contribution in [3.63, 3.8) is 0 Å². The maximum atomic E-state index is 13.0. The van der Waals surface area contributed by atoms with Crippen LogP contribution in [-0.2, 0) is 6.18 Å². The highest BCUT2D eigenvalue weighted by Crippen LogP contribution is 2.30. The average Bonchev–Trinajstić information content (AvgIpc) is 2.38. The first-order valence-electron chi connectivity index (χ1n) is 6.05. The van der Waals surface area contributed by atoms with Gasteiger partial charge in [-0.3, -0.25) is 0 Å². The molecule has 0 aliphatic carbocycles. The Balaban J connectivity index is 2.11. The second kappa shape index (κ2) is 5.53. The normalized spacial score (nSPS) is 13.1. The molecule has 0 saturated heterocycles. The summed E-state index contributed by atoms with van der Waals surface area (Å²) in [5.41, 5.74) is 0.596. The van der Waals surface area contributed by atoms with E-state index < -0.39 is 11.7 Å². The number of nitrogens with one attached hydrogen (secondary N) is 1. The van der Waals surface area contributed by atoms with E-state index >= 15 is 0 Å². The van der Waals surface area contributed by atoms with Crippen LogP contribution in [0.4, 0.5) is 23.2 Å². The van der Waals surface area contributed by atoms with Gasteiger partial charge in [0, 0.05) is 11.7 Å². The molecule has 0 radical (unpaired) electrons. The van der Waals surface area contributed by atoms with E-state index in [1.54, 1.807) is 19.1 Å².